The number of H-pyrrole nitrogens is 3. The number of alkyl halides is 3. The van der Waals surface area contributed by atoms with Crippen molar-refractivity contribution in [2.75, 3.05) is 26.7 Å². The number of nitrogens with one attached hydrogen (secondary N) is 3. The predicted molar refractivity (Wildman–Crippen MR) is 364 cm³/mol. The van der Waals surface area contributed by atoms with E-state index in [1.54, 1.807) is 24.1 Å². The SMILES string of the molecule is CC(C)C(=O)N1CCc2c([nH]c3ccccc23)C1c1ccc(C(F)(F)F)cc1.CCCCCCCCCCCCCC(=O)N1CCc2c([nH]c3ccccc23)C1c1ccc(OC)cc1.O=C(c1cccs1)N1CCc2c([nH]c3ccccc23)C1c1ccc([N+](=O)[O-])cc1. The highest BCUT2D eigenvalue weighted by molar-refractivity contribution is 7.12. The lowest BCUT2D eigenvalue weighted by atomic mass is 9.91. The number of hydrogen-bond donors (Lipinski definition) is 3. The van der Waals surface area contributed by atoms with Gasteiger partial charge in [-0.1, -0.05) is 170 Å². The Kier molecular flexibility index (Phi) is 21.0. The number of fused-ring (bicyclic) bond motifs is 9. The molecule has 93 heavy (non-hydrogen) atoms. The average Bonchev–Trinajstić information content (AvgIpc) is 1.69. The third-order valence-corrected chi connectivity index (χ3v) is 19.5. The molecule has 3 amide bonds. The van der Waals surface area contributed by atoms with Gasteiger partial charge in [0.1, 0.15) is 5.75 Å². The molecule has 3 atom stereocenters. The van der Waals surface area contributed by atoms with E-state index < -0.39 is 22.7 Å². The van der Waals surface area contributed by atoms with E-state index in [9.17, 15) is 37.7 Å². The molecule has 4 aromatic heterocycles. The van der Waals surface area contributed by atoms with Crippen LogP contribution in [0.25, 0.3) is 32.7 Å². The Labute approximate surface area is 545 Å². The van der Waals surface area contributed by atoms with Crippen molar-refractivity contribution < 1.29 is 37.2 Å². The number of non-ortho nitro benzene ring substituents is 1. The fourth-order valence-corrected chi connectivity index (χ4v) is 14.5. The topological polar surface area (TPSA) is 161 Å². The number of hydrogen-bond acceptors (Lipinski definition) is 7. The van der Waals surface area contributed by atoms with E-state index in [4.69, 9.17) is 4.74 Å². The van der Waals surface area contributed by atoms with Gasteiger partial charge in [0.05, 0.1) is 40.6 Å². The quantitative estimate of drug-likeness (QED) is 0.0415. The van der Waals surface area contributed by atoms with Gasteiger partial charge in [-0.3, -0.25) is 24.5 Å². The van der Waals surface area contributed by atoms with Crippen LogP contribution >= 0.6 is 11.3 Å². The summed E-state index contributed by atoms with van der Waals surface area (Å²) in [6.45, 7) is 7.85. The maximum absolute atomic E-state index is 13.5. The van der Waals surface area contributed by atoms with Crippen molar-refractivity contribution in [3.8, 4) is 5.75 Å². The zero-order valence-electron chi connectivity index (χ0n) is 53.4. The van der Waals surface area contributed by atoms with Gasteiger partial charge in [0.2, 0.25) is 11.8 Å². The maximum Gasteiger partial charge on any atom is 0.416 e. The minimum Gasteiger partial charge on any atom is -0.497 e. The van der Waals surface area contributed by atoms with Crippen LogP contribution in [0.15, 0.2) is 163 Å². The Balaban J connectivity index is 0.000000144. The molecule has 3 aliphatic rings. The Morgan fingerprint density at radius 1 is 0.559 bits per heavy atom. The molecule has 0 spiro atoms. The molecule has 6 aromatic carbocycles. The number of rotatable bonds is 19. The number of aromatic amines is 3. The molecule has 13 nitrogen and oxygen atoms in total. The van der Waals surface area contributed by atoms with Crippen molar-refractivity contribution >= 4 is 67.5 Å². The summed E-state index contributed by atoms with van der Waals surface area (Å²) in [4.78, 5) is 67.3. The first-order valence-corrected chi connectivity index (χ1v) is 33.8. The second-order valence-corrected chi connectivity index (χ2v) is 25.9. The molecule has 3 N–H and O–H groups in total. The molecule has 10 aromatic rings. The first kappa shape index (κ1) is 65.5. The molecule has 7 heterocycles. The number of amides is 3. The van der Waals surface area contributed by atoms with Crippen LogP contribution in [0.3, 0.4) is 0 Å². The molecular weight excluding hydrogens is 1200 g/mol. The zero-order valence-corrected chi connectivity index (χ0v) is 54.2. The van der Waals surface area contributed by atoms with Gasteiger partial charge < -0.3 is 34.4 Å². The van der Waals surface area contributed by atoms with Gasteiger partial charge in [0.15, 0.2) is 0 Å². The number of ether oxygens (including phenoxy) is 1. The number of nitro groups is 1. The Hall–Kier alpha value is -8.96. The molecule has 3 aliphatic heterocycles. The third-order valence-electron chi connectivity index (χ3n) is 18.6. The van der Waals surface area contributed by atoms with E-state index >= 15 is 0 Å². The lowest BCUT2D eigenvalue weighted by Crippen LogP contribution is -2.42. The number of benzene rings is 6. The molecular formula is C76H82F3N7O6S. The van der Waals surface area contributed by atoms with E-state index in [0.29, 0.717) is 30.0 Å². The van der Waals surface area contributed by atoms with Crippen molar-refractivity contribution in [1.29, 1.82) is 0 Å². The van der Waals surface area contributed by atoms with Gasteiger partial charge in [0.25, 0.3) is 11.6 Å². The summed E-state index contributed by atoms with van der Waals surface area (Å²) < 4.78 is 44.3. The number of thiophene rings is 1. The second kappa shape index (κ2) is 29.8. The number of nitro benzene ring substituents is 1. The van der Waals surface area contributed by atoms with Gasteiger partial charge in [-0.15, -0.1) is 11.3 Å². The van der Waals surface area contributed by atoms with Gasteiger partial charge in [-0.2, -0.15) is 13.2 Å². The van der Waals surface area contributed by atoms with Crippen LogP contribution in [0.4, 0.5) is 18.9 Å². The maximum atomic E-state index is 13.5. The van der Waals surface area contributed by atoms with Crippen molar-refractivity contribution in [3.63, 3.8) is 0 Å². The van der Waals surface area contributed by atoms with Crippen LogP contribution in [0.2, 0.25) is 0 Å². The highest BCUT2D eigenvalue weighted by Crippen LogP contribution is 2.43. The van der Waals surface area contributed by atoms with E-state index in [0.717, 1.165) is 112 Å². The fourth-order valence-electron chi connectivity index (χ4n) is 13.9. The predicted octanol–water partition coefficient (Wildman–Crippen LogP) is 18.6. The van der Waals surface area contributed by atoms with E-state index in [1.807, 2.05) is 90.9 Å². The first-order valence-electron chi connectivity index (χ1n) is 32.9. The lowest BCUT2D eigenvalue weighted by Gasteiger charge is -2.37. The molecule has 3 unspecified atom stereocenters. The molecule has 0 saturated carbocycles. The number of nitrogens with zero attached hydrogens (tertiary/aromatic N) is 4. The molecule has 0 radical (unpaired) electrons. The summed E-state index contributed by atoms with van der Waals surface area (Å²) in [5.41, 5.74) is 11.9. The molecule has 0 aliphatic carbocycles. The van der Waals surface area contributed by atoms with Gasteiger partial charge >= 0.3 is 6.18 Å². The number of aromatic nitrogens is 3. The summed E-state index contributed by atoms with van der Waals surface area (Å²) in [6.07, 6.45) is 12.9. The van der Waals surface area contributed by atoms with Crippen molar-refractivity contribution in [3.05, 3.63) is 234 Å². The van der Waals surface area contributed by atoms with Crippen LogP contribution in [0, 0.1) is 16.0 Å². The monoisotopic (exact) mass is 1280 g/mol. The Bertz CT molecular complexity index is 4170. The zero-order chi connectivity index (χ0) is 65.2. The lowest BCUT2D eigenvalue weighted by molar-refractivity contribution is -0.384. The minimum atomic E-state index is -4.38. The second-order valence-electron chi connectivity index (χ2n) is 24.9. The highest BCUT2D eigenvalue weighted by Gasteiger charge is 2.39. The Morgan fingerprint density at radius 3 is 1.42 bits per heavy atom. The third kappa shape index (κ3) is 14.6. The summed E-state index contributed by atoms with van der Waals surface area (Å²) in [7, 11) is 1.69. The molecule has 484 valence electrons. The minimum absolute atomic E-state index is 0.00537. The van der Waals surface area contributed by atoms with Crippen LogP contribution in [-0.4, -0.2) is 79.0 Å². The number of para-hydroxylation sites is 3. The van der Waals surface area contributed by atoms with Gasteiger partial charge in [-0.25, -0.2) is 0 Å². The molecule has 0 saturated heterocycles. The molecule has 17 heteroatoms. The van der Waals surface area contributed by atoms with Crippen LogP contribution in [0.5, 0.6) is 5.75 Å². The van der Waals surface area contributed by atoms with Crippen LogP contribution in [0.1, 0.15) is 182 Å². The van der Waals surface area contributed by atoms with E-state index in [1.165, 1.54) is 116 Å². The normalized spacial score (nSPS) is 16.1. The summed E-state index contributed by atoms with van der Waals surface area (Å²) >= 11 is 1.42. The summed E-state index contributed by atoms with van der Waals surface area (Å²) in [5, 5.41) is 16.5. The Morgan fingerprint density at radius 2 is 0.978 bits per heavy atom. The van der Waals surface area contributed by atoms with Crippen molar-refractivity contribution in [1.82, 2.24) is 29.7 Å². The summed E-state index contributed by atoms with van der Waals surface area (Å²) in [6, 6.07) is 47.3. The van der Waals surface area contributed by atoms with Gasteiger partial charge in [0, 0.05) is 93.9 Å². The van der Waals surface area contributed by atoms with Gasteiger partial charge in [-0.05, 0) is 125 Å². The number of unbranched alkanes of at least 4 members (excludes halogenated alkanes) is 10. The van der Waals surface area contributed by atoms with E-state index in [-0.39, 0.29) is 41.4 Å². The number of carbonyl (C=O) groups is 3. The van der Waals surface area contributed by atoms with Crippen LogP contribution < -0.4 is 4.74 Å². The highest BCUT2D eigenvalue weighted by atomic mass is 32.1. The number of methoxy groups -OCH3 is 1. The largest absolute Gasteiger partial charge is 0.497 e. The first-order chi connectivity index (χ1) is 45.1. The van der Waals surface area contributed by atoms with Crippen molar-refractivity contribution in [2.24, 2.45) is 5.92 Å². The standard InChI is InChI=1S/C32H44N2O2.C22H21F3N2O.C22H17N3O3S/c1-3-4-5-6-7-8-9-10-11-12-13-18-30(35)34-24-23-28-27-16-14-15-17-29(27)33-31(28)32(34)25-19-21-26(36-2)22-20-25;1-13(2)21(28)27-12-11-17-16-5-3-4-6-18(16)26-19(17)20(27)14-7-9-15(10-8-14)22(23,24)25;26-22(19-6-3-13-29-19)24-12-11-17-16-4-1-2-5-18(16)23-20(17)21(24)14-7-9-15(10-8-14)25(27)28/h14-17,19-22,32-33H,3-13,18,23-24H2,1-2H3;3-10,13,20,26H,11-12H2,1-2H3;1-10,13,21,23H,11-12H2. The number of carbonyl (C=O) groups excluding carboxylic acids is 3. The van der Waals surface area contributed by atoms with E-state index in [2.05, 4.69) is 69.2 Å². The van der Waals surface area contributed by atoms with Crippen LogP contribution in [-0.2, 0) is 35.0 Å². The molecule has 0 fully saturated rings. The number of halogens is 3. The summed E-state index contributed by atoms with van der Waals surface area (Å²) in [5.74, 6) is 0.894. The average molecular weight is 1280 g/mol. The van der Waals surface area contributed by atoms with Crippen molar-refractivity contribution in [2.45, 2.75) is 141 Å². The fraction of sp³-hybridized carbons (Fsp3) is 0.355. The molecule has 0 bridgehead atoms. The molecule has 13 rings (SSSR count). The smallest absolute Gasteiger partial charge is 0.416 e.